The molecule has 0 amide bonds. The van der Waals surface area contributed by atoms with E-state index in [0.29, 0.717) is 10.8 Å². The smallest absolute Gasteiger partial charge is 0.0577 e. The highest BCUT2D eigenvalue weighted by molar-refractivity contribution is 5.40. The molecule has 3 saturated carbocycles. The molecule has 0 bridgehead atoms. The Morgan fingerprint density at radius 1 is 1.03 bits per heavy atom. The third-order valence-electron chi connectivity index (χ3n) is 11.3. The standard InChI is InChI=1S/C29H46O/c1-17(2)27-19(4)23(27)15-18(3)24-9-10-25-22-8-7-20-16-21(30)11-13-28(20,5)26(22)12-14-29(24,25)6/h7,17-18,21-26,30H,8-16H2,1-6H3/t18-,21+,22?,23-,24-,25?,26?,28+,29-/m1/s1. The third-order valence-corrected chi connectivity index (χ3v) is 11.3. The maximum atomic E-state index is 10.2. The van der Waals surface area contributed by atoms with Crippen LogP contribution in [-0.2, 0) is 0 Å². The van der Waals surface area contributed by atoms with Crippen LogP contribution in [0.5, 0.6) is 0 Å². The van der Waals surface area contributed by atoms with E-state index in [0.717, 1.165) is 54.3 Å². The second kappa shape index (κ2) is 7.23. The SMILES string of the molecule is CC1=C(C(C)C)[C@@H]1C[C@@H](C)[C@H]1CCC2C3CC=C4C[C@@H](O)CC[C@]4(C)C3CC[C@@]21C. The zero-order valence-electron chi connectivity index (χ0n) is 20.5. The molecule has 9 atom stereocenters. The summed E-state index contributed by atoms with van der Waals surface area (Å²) in [6.45, 7) is 15.0. The first-order chi connectivity index (χ1) is 14.2. The lowest BCUT2D eigenvalue weighted by Gasteiger charge is -2.58. The van der Waals surface area contributed by atoms with Crippen molar-refractivity contribution in [2.45, 2.75) is 105 Å². The van der Waals surface area contributed by atoms with Crippen LogP contribution in [0.25, 0.3) is 0 Å². The van der Waals surface area contributed by atoms with Crippen molar-refractivity contribution in [3.05, 3.63) is 22.8 Å². The van der Waals surface area contributed by atoms with Gasteiger partial charge in [-0.05, 0) is 111 Å². The number of allylic oxidation sites excluding steroid dienone is 3. The quantitative estimate of drug-likeness (QED) is 0.474. The minimum Gasteiger partial charge on any atom is -0.393 e. The van der Waals surface area contributed by atoms with Gasteiger partial charge in [0, 0.05) is 5.92 Å². The molecule has 0 radical (unpaired) electrons. The fourth-order valence-corrected chi connectivity index (χ4v) is 9.73. The van der Waals surface area contributed by atoms with Crippen molar-refractivity contribution in [2.75, 3.05) is 0 Å². The van der Waals surface area contributed by atoms with Crippen LogP contribution in [0.1, 0.15) is 99.3 Å². The van der Waals surface area contributed by atoms with Crippen molar-refractivity contribution >= 4 is 0 Å². The van der Waals surface area contributed by atoms with E-state index in [1.165, 1.54) is 44.9 Å². The molecule has 3 fully saturated rings. The van der Waals surface area contributed by atoms with Crippen LogP contribution in [0.2, 0.25) is 0 Å². The van der Waals surface area contributed by atoms with Gasteiger partial charge in [-0.25, -0.2) is 0 Å². The fraction of sp³-hybridized carbons (Fsp3) is 0.862. The normalized spacial score (nSPS) is 48.7. The molecule has 1 heteroatoms. The molecule has 5 rings (SSSR count). The molecule has 0 aromatic rings. The van der Waals surface area contributed by atoms with Gasteiger partial charge in [-0.2, -0.15) is 0 Å². The van der Waals surface area contributed by atoms with Gasteiger partial charge in [0.1, 0.15) is 0 Å². The first-order valence-electron chi connectivity index (χ1n) is 13.2. The Balaban J connectivity index is 1.32. The number of hydrogen-bond donors (Lipinski definition) is 1. The highest BCUT2D eigenvalue weighted by atomic mass is 16.3. The number of hydrogen-bond acceptors (Lipinski definition) is 1. The zero-order valence-corrected chi connectivity index (χ0v) is 20.5. The average Bonchev–Trinajstić information content (AvgIpc) is 3.17. The Labute approximate surface area is 185 Å². The first-order valence-corrected chi connectivity index (χ1v) is 13.2. The lowest BCUT2D eigenvalue weighted by molar-refractivity contribution is -0.0574. The van der Waals surface area contributed by atoms with E-state index in [-0.39, 0.29) is 6.10 Å². The maximum absolute atomic E-state index is 10.2. The van der Waals surface area contributed by atoms with Gasteiger partial charge >= 0.3 is 0 Å². The molecule has 30 heavy (non-hydrogen) atoms. The van der Waals surface area contributed by atoms with Crippen LogP contribution in [0, 0.1) is 52.3 Å². The predicted molar refractivity (Wildman–Crippen MR) is 126 cm³/mol. The lowest BCUT2D eigenvalue weighted by atomic mass is 9.47. The summed E-state index contributed by atoms with van der Waals surface area (Å²) in [5, 5.41) is 10.2. The van der Waals surface area contributed by atoms with Gasteiger partial charge in [0.05, 0.1) is 6.10 Å². The minimum atomic E-state index is -0.0818. The number of rotatable bonds is 4. The van der Waals surface area contributed by atoms with E-state index in [1.807, 2.05) is 0 Å². The van der Waals surface area contributed by atoms with Crippen LogP contribution >= 0.6 is 0 Å². The van der Waals surface area contributed by atoms with Crippen molar-refractivity contribution < 1.29 is 5.11 Å². The monoisotopic (exact) mass is 410 g/mol. The molecular formula is C29H46O. The first kappa shape index (κ1) is 21.3. The predicted octanol–water partition coefficient (Wildman–Crippen LogP) is 7.55. The molecule has 0 aliphatic heterocycles. The summed E-state index contributed by atoms with van der Waals surface area (Å²) in [5.74, 6) is 6.09. The van der Waals surface area contributed by atoms with E-state index < -0.39 is 0 Å². The molecule has 1 nitrogen and oxygen atoms in total. The Morgan fingerprint density at radius 3 is 2.50 bits per heavy atom. The van der Waals surface area contributed by atoms with Gasteiger partial charge in [-0.1, -0.05) is 57.4 Å². The van der Waals surface area contributed by atoms with Crippen LogP contribution in [0.15, 0.2) is 22.8 Å². The van der Waals surface area contributed by atoms with E-state index in [1.54, 1.807) is 16.7 Å². The van der Waals surface area contributed by atoms with E-state index in [2.05, 4.69) is 47.6 Å². The molecule has 5 aliphatic rings. The summed E-state index contributed by atoms with van der Waals surface area (Å²) in [6, 6.07) is 0. The van der Waals surface area contributed by atoms with Gasteiger partial charge in [0.2, 0.25) is 0 Å². The van der Waals surface area contributed by atoms with Gasteiger partial charge < -0.3 is 5.11 Å². The number of fused-ring (bicyclic) bond motifs is 5. The molecule has 3 unspecified atom stereocenters. The van der Waals surface area contributed by atoms with Crippen molar-refractivity contribution in [3.8, 4) is 0 Å². The third kappa shape index (κ3) is 3.04. The summed E-state index contributed by atoms with van der Waals surface area (Å²) in [5.41, 5.74) is 6.07. The largest absolute Gasteiger partial charge is 0.393 e. The van der Waals surface area contributed by atoms with Crippen molar-refractivity contribution in [2.24, 2.45) is 52.3 Å². The Hall–Kier alpha value is -0.560. The molecule has 0 aromatic carbocycles. The topological polar surface area (TPSA) is 20.2 Å². The molecule has 5 aliphatic carbocycles. The highest BCUT2D eigenvalue weighted by Gasteiger charge is 2.59. The Bertz CT molecular complexity index is 758. The summed E-state index contributed by atoms with van der Waals surface area (Å²) < 4.78 is 0. The summed E-state index contributed by atoms with van der Waals surface area (Å²) in [6.07, 6.45) is 14.2. The van der Waals surface area contributed by atoms with Crippen LogP contribution in [0.3, 0.4) is 0 Å². The summed E-state index contributed by atoms with van der Waals surface area (Å²) in [7, 11) is 0. The molecule has 0 aromatic heterocycles. The van der Waals surface area contributed by atoms with Gasteiger partial charge in [-0.3, -0.25) is 0 Å². The number of aliphatic hydroxyl groups is 1. The molecule has 0 heterocycles. The molecule has 0 saturated heterocycles. The van der Waals surface area contributed by atoms with Crippen molar-refractivity contribution in [3.63, 3.8) is 0 Å². The molecule has 1 N–H and O–H groups in total. The molecular weight excluding hydrogens is 364 g/mol. The maximum Gasteiger partial charge on any atom is 0.0577 e. The Morgan fingerprint density at radius 2 is 1.80 bits per heavy atom. The van der Waals surface area contributed by atoms with Gasteiger partial charge in [0.25, 0.3) is 0 Å². The van der Waals surface area contributed by atoms with Crippen LogP contribution < -0.4 is 0 Å². The fourth-order valence-electron chi connectivity index (χ4n) is 9.73. The zero-order chi connectivity index (χ0) is 21.4. The number of aliphatic hydroxyl groups excluding tert-OH is 1. The van der Waals surface area contributed by atoms with E-state index in [9.17, 15) is 5.11 Å². The van der Waals surface area contributed by atoms with Gasteiger partial charge in [0.15, 0.2) is 0 Å². The van der Waals surface area contributed by atoms with Crippen molar-refractivity contribution in [1.82, 2.24) is 0 Å². The van der Waals surface area contributed by atoms with Crippen LogP contribution in [-0.4, -0.2) is 11.2 Å². The van der Waals surface area contributed by atoms with Gasteiger partial charge in [-0.15, -0.1) is 0 Å². The van der Waals surface area contributed by atoms with E-state index >= 15 is 0 Å². The Kier molecular flexibility index (Phi) is 5.13. The molecule has 168 valence electrons. The van der Waals surface area contributed by atoms with Crippen LogP contribution in [0.4, 0.5) is 0 Å². The van der Waals surface area contributed by atoms with E-state index in [4.69, 9.17) is 0 Å². The second-order valence-electron chi connectivity index (χ2n) is 12.9. The highest BCUT2D eigenvalue weighted by Crippen LogP contribution is 2.67. The minimum absolute atomic E-state index is 0.0818. The molecule has 0 spiro atoms. The van der Waals surface area contributed by atoms with Crippen molar-refractivity contribution in [1.29, 1.82) is 0 Å². The lowest BCUT2D eigenvalue weighted by Crippen LogP contribution is -2.50. The average molecular weight is 411 g/mol. The summed E-state index contributed by atoms with van der Waals surface area (Å²) in [4.78, 5) is 0. The summed E-state index contributed by atoms with van der Waals surface area (Å²) >= 11 is 0. The second-order valence-corrected chi connectivity index (χ2v) is 12.9.